The highest BCUT2D eigenvalue weighted by molar-refractivity contribution is 5.80. The number of hydrogen-bond acceptors (Lipinski definition) is 4. The number of aromatic nitrogens is 2. The molecule has 5 nitrogen and oxygen atoms in total. The Morgan fingerprint density at radius 2 is 2.32 bits per heavy atom. The van der Waals surface area contributed by atoms with Gasteiger partial charge in [-0.1, -0.05) is 6.92 Å². The lowest BCUT2D eigenvalue weighted by Gasteiger charge is -2.08. The highest BCUT2D eigenvalue weighted by Gasteiger charge is 2.11. The van der Waals surface area contributed by atoms with E-state index in [9.17, 15) is 5.11 Å². The summed E-state index contributed by atoms with van der Waals surface area (Å²) in [6, 6.07) is 3.95. The van der Waals surface area contributed by atoms with Crippen molar-refractivity contribution in [3.63, 3.8) is 0 Å². The molecule has 5 heteroatoms. The van der Waals surface area contributed by atoms with Crippen LogP contribution in [0.1, 0.15) is 18.9 Å². The number of nitrogens with zero attached hydrogens (tertiary/aromatic N) is 2. The first kappa shape index (κ1) is 14.0. The third-order valence-corrected chi connectivity index (χ3v) is 3.08. The van der Waals surface area contributed by atoms with Gasteiger partial charge in [0.15, 0.2) is 0 Å². The number of rotatable bonds is 7. The molecule has 0 saturated carbocycles. The number of fused-ring (bicyclic) bond motifs is 1. The molecule has 0 aliphatic heterocycles. The summed E-state index contributed by atoms with van der Waals surface area (Å²) in [4.78, 5) is 4.36. The number of hydrogen-bond donors (Lipinski definition) is 3. The maximum Gasteiger partial charge on any atom is 0.140 e. The van der Waals surface area contributed by atoms with Crippen LogP contribution < -0.4 is 5.32 Å². The zero-order chi connectivity index (χ0) is 13.7. The van der Waals surface area contributed by atoms with Crippen molar-refractivity contribution in [2.45, 2.75) is 32.5 Å². The average Bonchev–Trinajstić information content (AvgIpc) is 2.78. The fourth-order valence-corrected chi connectivity index (χ4v) is 2.16. The molecule has 2 heterocycles. The van der Waals surface area contributed by atoms with Crippen LogP contribution in [0.3, 0.4) is 0 Å². The molecule has 0 aromatic carbocycles. The van der Waals surface area contributed by atoms with Crippen molar-refractivity contribution in [3.8, 4) is 0 Å². The zero-order valence-corrected chi connectivity index (χ0v) is 11.2. The molecule has 3 N–H and O–H groups in total. The zero-order valence-electron chi connectivity index (χ0n) is 11.2. The second-order valence-corrected chi connectivity index (χ2v) is 4.69. The first-order valence-electron chi connectivity index (χ1n) is 6.68. The summed E-state index contributed by atoms with van der Waals surface area (Å²) < 4.78 is 1.90. The van der Waals surface area contributed by atoms with Crippen molar-refractivity contribution < 1.29 is 10.2 Å². The third kappa shape index (κ3) is 3.32. The maximum atomic E-state index is 9.58. The number of aliphatic hydroxyl groups is 2. The first-order chi connectivity index (χ1) is 9.26. The smallest absolute Gasteiger partial charge is 0.140 e. The van der Waals surface area contributed by atoms with Gasteiger partial charge in [0.2, 0.25) is 0 Å². The van der Waals surface area contributed by atoms with Gasteiger partial charge in [0, 0.05) is 24.3 Å². The summed E-state index contributed by atoms with van der Waals surface area (Å²) >= 11 is 0. The molecule has 0 aliphatic rings. The quantitative estimate of drug-likeness (QED) is 0.649. The molecular weight excluding hydrogens is 242 g/mol. The van der Waals surface area contributed by atoms with Crippen LogP contribution in [0, 0.1) is 0 Å². The van der Waals surface area contributed by atoms with E-state index >= 15 is 0 Å². The first-order valence-corrected chi connectivity index (χ1v) is 6.68. The Morgan fingerprint density at radius 3 is 3.05 bits per heavy atom. The summed E-state index contributed by atoms with van der Waals surface area (Å²) in [5.74, 6) is 0. The molecule has 2 aromatic heterocycles. The van der Waals surface area contributed by atoms with Crippen molar-refractivity contribution in [1.29, 1.82) is 0 Å². The van der Waals surface area contributed by atoms with Gasteiger partial charge in [0.05, 0.1) is 19.3 Å². The molecule has 0 saturated heterocycles. The average molecular weight is 263 g/mol. The SMILES string of the molecule is CCCNCc1cn(CC(O)CO)c2ncccc12. The van der Waals surface area contributed by atoms with Crippen LogP contribution in [-0.2, 0) is 13.1 Å². The van der Waals surface area contributed by atoms with E-state index in [-0.39, 0.29) is 6.61 Å². The van der Waals surface area contributed by atoms with Crippen molar-refractivity contribution in [1.82, 2.24) is 14.9 Å². The fourth-order valence-electron chi connectivity index (χ4n) is 2.16. The third-order valence-electron chi connectivity index (χ3n) is 3.08. The fraction of sp³-hybridized carbons (Fsp3) is 0.500. The van der Waals surface area contributed by atoms with E-state index in [0.717, 1.165) is 30.5 Å². The minimum atomic E-state index is -0.756. The van der Waals surface area contributed by atoms with Crippen LogP contribution >= 0.6 is 0 Å². The second kappa shape index (κ2) is 6.65. The lowest BCUT2D eigenvalue weighted by molar-refractivity contribution is 0.0821. The Labute approximate surface area is 112 Å². The van der Waals surface area contributed by atoms with Crippen LogP contribution in [0.5, 0.6) is 0 Å². The summed E-state index contributed by atoms with van der Waals surface area (Å²) in [5.41, 5.74) is 2.02. The van der Waals surface area contributed by atoms with Gasteiger partial charge < -0.3 is 20.1 Å². The predicted molar refractivity (Wildman–Crippen MR) is 74.8 cm³/mol. The van der Waals surface area contributed by atoms with Gasteiger partial charge in [-0.05, 0) is 30.7 Å². The van der Waals surface area contributed by atoms with Gasteiger partial charge in [-0.15, -0.1) is 0 Å². The number of aliphatic hydroxyl groups excluding tert-OH is 2. The Morgan fingerprint density at radius 1 is 1.47 bits per heavy atom. The van der Waals surface area contributed by atoms with Crippen molar-refractivity contribution >= 4 is 11.0 Å². The molecule has 0 fully saturated rings. The van der Waals surface area contributed by atoms with Crippen molar-refractivity contribution in [2.24, 2.45) is 0 Å². The van der Waals surface area contributed by atoms with E-state index in [2.05, 4.69) is 17.2 Å². The van der Waals surface area contributed by atoms with E-state index in [1.807, 2.05) is 22.9 Å². The van der Waals surface area contributed by atoms with Crippen LogP contribution in [-0.4, -0.2) is 39.0 Å². The molecule has 2 rings (SSSR count). The van der Waals surface area contributed by atoms with E-state index in [0.29, 0.717) is 6.54 Å². The van der Waals surface area contributed by atoms with E-state index in [1.54, 1.807) is 6.20 Å². The summed E-state index contributed by atoms with van der Waals surface area (Å²) in [6.07, 6.45) is 4.08. The van der Waals surface area contributed by atoms with E-state index < -0.39 is 6.10 Å². The lowest BCUT2D eigenvalue weighted by Crippen LogP contribution is -2.19. The molecule has 2 aromatic rings. The van der Waals surface area contributed by atoms with Crippen LogP contribution in [0.2, 0.25) is 0 Å². The Bertz CT molecular complexity index is 524. The maximum absolute atomic E-state index is 9.58. The van der Waals surface area contributed by atoms with E-state index in [1.165, 1.54) is 5.56 Å². The van der Waals surface area contributed by atoms with Gasteiger partial charge in [0.25, 0.3) is 0 Å². The van der Waals surface area contributed by atoms with E-state index in [4.69, 9.17) is 5.11 Å². The Balaban J connectivity index is 2.26. The summed E-state index contributed by atoms with van der Waals surface area (Å²) in [6.45, 7) is 4.02. The molecule has 1 atom stereocenters. The topological polar surface area (TPSA) is 70.3 Å². The van der Waals surface area contributed by atoms with Crippen LogP contribution in [0.15, 0.2) is 24.5 Å². The predicted octanol–water partition coefficient (Wildman–Crippen LogP) is 0.889. The van der Waals surface area contributed by atoms with Crippen molar-refractivity contribution in [2.75, 3.05) is 13.2 Å². The van der Waals surface area contributed by atoms with Gasteiger partial charge in [-0.2, -0.15) is 0 Å². The highest BCUT2D eigenvalue weighted by Crippen LogP contribution is 2.19. The molecule has 104 valence electrons. The second-order valence-electron chi connectivity index (χ2n) is 4.69. The van der Waals surface area contributed by atoms with Gasteiger partial charge in [-0.25, -0.2) is 4.98 Å². The molecule has 19 heavy (non-hydrogen) atoms. The van der Waals surface area contributed by atoms with Crippen LogP contribution in [0.25, 0.3) is 11.0 Å². The van der Waals surface area contributed by atoms with Gasteiger partial charge >= 0.3 is 0 Å². The van der Waals surface area contributed by atoms with Gasteiger partial charge in [-0.3, -0.25) is 0 Å². The Hall–Kier alpha value is -1.43. The highest BCUT2D eigenvalue weighted by atomic mass is 16.3. The van der Waals surface area contributed by atoms with Crippen molar-refractivity contribution in [3.05, 3.63) is 30.1 Å². The molecule has 0 radical (unpaired) electrons. The molecule has 1 unspecified atom stereocenters. The summed E-state index contributed by atoms with van der Waals surface area (Å²) in [5, 5.41) is 23.0. The molecule has 0 amide bonds. The lowest BCUT2D eigenvalue weighted by atomic mass is 10.2. The number of pyridine rings is 1. The van der Waals surface area contributed by atoms with Gasteiger partial charge in [0.1, 0.15) is 5.65 Å². The minimum absolute atomic E-state index is 0.240. The number of nitrogens with one attached hydrogen (secondary N) is 1. The molecule has 0 spiro atoms. The molecule has 0 bridgehead atoms. The minimum Gasteiger partial charge on any atom is -0.394 e. The Kier molecular flexibility index (Phi) is 4.90. The standard InChI is InChI=1S/C14H21N3O2/c1-2-5-15-7-11-8-17(9-12(19)10-18)14-13(11)4-3-6-16-14/h3-4,6,8,12,15,18-19H,2,5,7,9-10H2,1H3. The summed E-state index contributed by atoms with van der Waals surface area (Å²) in [7, 11) is 0. The van der Waals surface area contributed by atoms with Crippen LogP contribution in [0.4, 0.5) is 0 Å². The monoisotopic (exact) mass is 263 g/mol. The molecular formula is C14H21N3O2. The molecule has 0 aliphatic carbocycles. The largest absolute Gasteiger partial charge is 0.394 e. The normalized spacial score (nSPS) is 13.0.